The van der Waals surface area contributed by atoms with Crippen LogP contribution < -0.4 is 10.6 Å². The largest absolute Gasteiger partial charge is 0.325 e. The number of likely N-dealkylation sites (N-methyl/N-ethyl adjacent to an activating group) is 1. The van der Waals surface area contributed by atoms with Gasteiger partial charge in [-0.05, 0) is 38.2 Å². The molecule has 0 atom stereocenters. The molecule has 0 saturated heterocycles. The molecule has 134 valence electrons. The zero-order chi connectivity index (χ0) is 18.5. The molecule has 3 rings (SSSR count). The summed E-state index contributed by atoms with van der Waals surface area (Å²) >= 11 is 1.10. The second-order valence-corrected chi connectivity index (χ2v) is 6.60. The molecule has 2 aromatic carbocycles. The van der Waals surface area contributed by atoms with Gasteiger partial charge in [-0.3, -0.25) is 14.5 Å². The Labute approximate surface area is 155 Å². The van der Waals surface area contributed by atoms with Gasteiger partial charge in [0.25, 0.3) is 0 Å². The van der Waals surface area contributed by atoms with E-state index in [-0.39, 0.29) is 24.9 Å². The molecule has 7 nitrogen and oxygen atoms in total. The van der Waals surface area contributed by atoms with Gasteiger partial charge < -0.3 is 10.6 Å². The Morgan fingerprint density at radius 3 is 2.42 bits per heavy atom. The van der Waals surface area contributed by atoms with Gasteiger partial charge in [-0.15, -0.1) is 0 Å². The number of anilines is 2. The van der Waals surface area contributed by atoms with Crippen molar-refractivity contribution in [1.82, 2.24) is 13.6 Å². The lowest BCUT2D eigenvalue weighted by atomic mass is 10.2. The molecule has 0 spiro atoms. The highest BCUT2D eigenvalue weighted by Gasteiger charge is 2.13. The lowest BCUT2D eigenvalue weighted by Gasteiger charge is -2.16. The van der Waals surface area contributed by atoms with E-state index in [9.17, 15) is 9.59 Å². The molecule has 1 heterocycles. The first kappa shape index (κ1) is 18.0. The van der Waals surface area contributed by atoms with Gasteiger partial charge in [0.2, 0.25) is 11.8 Å². The molecule has 0 radical (unpaired) electrons. The maximum absolute atomic E-state index is 12.2. The van der Waals surface area contributed by atoms with Crippen LogP contribution in [0.4, 0.5) is 11.4 Å². The van der Waals surface area contributed by atoms with Crippen LogP contribution in [-0.2, 0) is 9.59 Å². The Morgan fingerprint density at radius 1 is 1.00 bits per heavy atom. The SMILES string of the molecule is Cc1ccc(NC(=O)CN(C)CC(=O)Nc2cccc3nsnc23)cc1. The van der Waals surface area contributed by atoms with Gasteiger partial charge in [-0.1, -0.05) is 23.8 Å². The van der Waals surface area contributed by atoms with Crippen molar-refractivity contribution in [2.75, 3.05) is 30.8 Å². The van der Waals surface area contributed by atoms with Crippen molar-refractivity contribution in [1.29, 1.82) is 0 Å². The van der Waals surface area contributed by atoms with Gasteiger partial charge in [-0.2, -0.15) is 8.75 Å². The number of nitrogens with one attached hydrogen (secondary N) is 2. The monoisotopic (exact) mass is 369 g/mol. The molecule has 0 bridgehead atoms. The van der Waals surface area contributed by atoms with Gasteiger partial charge in [0, 0.05) is 5.69 Å². The summed E-state index contributed by atoms with van der Waals surface area (Å²) in [5.74, 6) is -0.383. The normalized spacial score (nSPS) is 10.9. The molecular formula is C18H19N5O2S. The van der Waals surface area contributed by atoms with E-state index in [2.05, 4.69) is 19.4 Å². The average Bonchev–Trinajstić information content (AvgIpc) is 3.06. The van der Waals surface area contributed by atoms with E-state index in [1.165, 1.54) is 0 Å². The zero-order valence-electron chi connectivity index (χ0n) is 14.5. The van der Waals surface area contributed by atoms with Crippen LogP contribution in [0, 0.1) is 6.92 Å². The number of nitrogens with zero attached hydrogens (tertiary/aromatic N) is 3. The van der Waals surface area contributed by atoms with Crippen LogP contribution in [0.5, 0.6) is 0 Å². The molecular weight excluding hydrogens is 350 g/mol. The second kappa shape index (κ2) is 8.03. The van der Waals surface area contributed by atoms with Crippen LogP contribution >= 0.6 is 11.7 Å². The number of amides is 2. The highest BCUT2D eigenvalue weighted by Crippen LogP contribution is 2.20. The van der Waals surface area contributed by atoms with E-state index in [1.807, 2.05) is 43.3 Å². The summed E-state index contributed by atoms with van der Waals surface area (Å²) in [6, 6.07) is 13.0. The molecule has 0 aliphatic heterocycles. The molecule has 2 N–H and O–H groups in total. The van der Waals surface area contributed by atoms with E-state index < -0.39 is 0 Å². The van der Waals surface area contributed by atoms with Gasteiger partial charge in [0.1, 0.15) is 11.0 Å². The van der Waals surface area contributed by atoms with Crippen molar-refractivity contribution in [3.05, 3.63) is 48.0 Å². The van der Waals surface area contributed by atoms with Crippen LogP contribution in [0.3, 0.4) is 0 Å². The average molecular weight is 369 g/mol. The maximum Gasteiger partial charge on any atom is 0.238 e. The van der Waals surface area contributed by atoms with Crippen molar-refractivity contribution in [2.24, 2.45) is 0 Å². The minimum absolute atomic E-state index is 0.0925. The predicted molar refractivity (Wildman–Crippen MR) is 103 cm³/mol. The molecule has 0 aliphatic rings. The topological polar surface area (TPSA) is 87.2 Å². The van der Waals surface area contributed by atoms with E-state index in [0.717, 1.165) is 28.5 Å². The van der Waals surface area contributed by atoms with E-state index >= 15 is 0 Å². The lowest BCUT2D eigenvalue weighted by Crippen LogP contribution is -2.36. The van der Waals surface area contributed by atoms with Gasteiger partial charge in [0.15, 0.2) is 0 Å². The van der Waals surface area contributed by atoms with Crippen LogP contribution in [0.25, 0.3) is 11.0 Å². The number of hydrogen-bond acceptors (Lipinski definition) is 6. The summed E-state index contributed by atoms with van der Waals surface area (Å²) in [6.45, 7) is 2.19. The summed E-state index contributed by atoms with van der Waals surface area (Å²) in [6.07, 6.45) is 0. The number of aromatic nitrogens is 2. The van der Waals surface area contributed by atoms with Gasteiger partial charge in [0.05, 0.1) is 30.5 Å². The molecule has 1 aromatic heterocycles. The fourth-order valence-electron chi connectivity index (χ4n) is 2.48. The van der Waals surface area contributed by atoms with E-state index in [4.69, 9.17) is 0 Å². The smallest absolute Gasteiger partial charge is 0.238 e. The highest BCUT2D eigenvalue weighted by molar-refractivity contribution is 7.00. The molecule has 0 unspecified atom stereocenters. The lowest BCUT2D eigenvalue weighted by molar-refractivity contribution is -0.119. The second-order valence-electron chi connectivity index (χ2n) is 6.07. The van der Waals surface area contributed by atoms with Crippen LogP contribution in [0.1, 0.15) is 5.56 Å². The van der Waals surface area contributed by atoms with Crippen molar-refractivity contribution >= 4 is 46.0 Å². The fourth-order valence-corrected chi connectivity index (χ4v) is 3.03. The summed E-state index contributed by atoms with van der Waals surface area (Å²) in [4.78, 5) is 26.0. The van der Waals surface area contributed by atoms with Gasteiger partial charge >= 0.3 is 0 Å². The van der Waals surface area contributed by atoms with Gasteiger partial charge in [-0.25, -0.2) is 0 Å². The molecule has 8 heteroatoms. The summed E-state index contributed by atoms with van der Waals surface area (Å²) in [5.41, 5.74) is 3.91. The third-order valence-corrected chi connectivity index (χ3v) is 4.27. The van der Waals surface area contributed by atoms with Crippen molar-refractivity contribution in [2.45, 2.75) is 6.92 Å². The number of carbonyl (C=O) groups is 2. The predicted octanol–water partition coefficient (Wildman–Crippen LogP) is 2.51. The quantitative estimate of drug-likeness (QED) is 0.697. The highest BCUT2D eigenvalue weighted by atomic mass is 32.1. The Morgan fingerprint density at radius 2 is 1.69 bits per heavy atom. The summed E-state index contributed by atoms with van der Waals surface area (Å²) in [5, 5.41) is 5.64. The number of rotatable bonds is 6. The first-order valence-electron chi connectivity index (χ1n) is 8.07. The molecule has 0 aliphatic carbocycles. The number of benzene rings is 2. The molecule has 2 amide bonds. The van der Waals surface area contributed by atoms with Crippen molar-refractivity contribution in [3.8, 4) is 0 Å². The Hall–Kier alpha value is -2.84. The molecule has 0 saturated carbocycles. The molecule has 3 aromatic rings. The molecule has 26 heavy (non-hydrogen) atoms. The van der Waals surface area contributed by atoms with Crippen molar-refractivity contribution < 1.29 is 9.59 Å². The standard InChI is InChI=1S/C18H19N5O2S/c1-12-6-8-13(9-7-12)19-16(24)10-23(2)11-17(25)20-14-4-3-5-15-18(14)22-26-21-15/h3-9H,10-11H2,1-2H3,(H,19,24)(H,20,25). The van der Waals surface area contributed by atoms with Crippen LogP contribution in [0.2, 0.25) is 0 Å². The van der Waals surface area contributed by atoms with E-state index in [1.54, 1.807) is 18.0 Å². The molecule has 0 fully saturated rings. The maximum atomic E-state index is 12.2. The third kappa shape index (κ3) is 4.62. The Balaban J connectivity index is 1.51. The van der Waals surface area contributed by atoms with E-state index in [0.29, 0.717) is 11.2 Å². The number of fused-ring (bicyclic) bond motifs is 1. The minimum atomic E-state index is -0.212. The summed E-state index contributed by atoms with van der Waals surface area (Å²) < 4.78 is 8.34. The Kier molecular flexibility index (Phi) is 5.55. The van der Waals surface area contributed by atoms with Crippen LogP contribution in [-0.4, -0.2) is 45.6 Å². The fraction of sp³-hybridized carbons (Fsp3) is 0.222. The van der Waals surface area contributed by atoms with Crippen molar-refractivity contribution in [3.63, 3.8) is 0 Å². The Bertz CT molecular complexity index is 923. The number of hydrogen-bond donors (Lipinski definition) is 2. The number of carbonyl (C=O) groups excluding carboxylic acids is 2. The first-order chi connectivity index (χ1) is 12.5. The third-order valence-electron chi connectivity index (χ3n) is 3.72. The minimum Gasteiger partial charge on any atom is -0.325 e. The van der Waals surface area contributed by atoms with Crippen LogP contribution in [0.15, 0.2) is 42.5 Å². The summed E-state index contributed by atoms with van der Waals surface area (Å²) in [7, 11) is 1.72. The zero-order valence-corrected chi connectivity index (χ0v) is 15.3. The first-order valence-corrected chi connectivity index (χ1v) is 8.80. The number of aryl methyl sites for hydroxylation is 1.